The third-order valence-electron chi connectivity index (χ3n) is 5.30. The number of carbonyl (C=O) groups is 1. The molecule has 7 heteroatoms. The summed E-state index contributed by atoms with van der Waals surface area (Å²) >= 11 is 0. The highest BCUT2D eigenvalue weighted by Gasteiger charge is 2.55. The number of likely N-dealkylation sites (tertiary alicyclic amines) is 1. The Labute approximate surface area is 161 Å². The van der Waals surface area contributed by atoms with Crippen LogP contribution in [0, 0.1) is 5.41 Å². The predicted octanol–water partition coefficient (Wildman–Crippen LogP) is 3.98. The zero-order chi connectivity index (χ0) is 20.7. The van der Waals surface area contributed by atoms with Crippen molar-refractivity contribution in [1.82, 2.24) is 4.90 Å². The summed E-state index contributed by atoms with van der Waals surface area (Å²) in [6.07, 6.45) is -4.78. The lowest BCUT2D eigenvalue weighted by Gasteiger charge is -2.56. The second kappa shape index (κ2) is 6.90. The van der Waals surface area contributed by atoms with Crippen molar-refractivity contribution in [2.45, 2.75) is 25.8 Å². The first-order valence-electron chi connectivity index (χ1n) is 8.83. The van der Waals surface area contributed by atoms with Gasteiger partial charge in [-0.3, -0.25) is 4.79 Å². The van der Waals surface area contributed by atoms with Crippen molar-refractivity contribution < 1.29 is 27.8 Å². The van der Waals surface area contributed by atoms with Crippen LogP contribution in [0.15, 0.2) is 48.5 Å². The van der Waals surface area contributed by atoms with Gasteiger partial charge < -0.3 is 14.7 Å². The van der Waals surface area contributed by atoms with E-state index in [1.54, 1.807) is 24.3 Å². The topological polar surface area (TPSA) is 49.8 Å². The summed E-state index contributed by atoms with van der Waals surface area (Å²) in [7, 11) is 1.93. The fourth-order valence-corrected chi connectivity index (χ4v) is 4.10. The van der Waals surface area contributed by atoms with Crippen LogP contribution in [0.25, 0.3) is 0 Å². The first-order valence-corrected chi connectivity index (χ1v) is 8.83. The monoisotopic (exact) mass is 393 g/mol. The van der Waals surface area contributed by atoms with Gasteiger partial charge in [-0.2, -0.15) is 0 Å². The van der Waals surface area contributed by atoms with Gasteiger partial charge in [0, 0.05) is 24.1 Å². The molecule has 1 N–H and O–H groups in total. The number of benzene rings is 2. The Balaban J connectivity index is 2.08. The Kier molecular flexibility index (Phi) is 5.02. The molecule has 2 aromatic carbocycles. The maximum atomic E-state index is 12.4. The number of carbonyl (C=O) groups excluding carboxylic acids is 1. The molecule has 1 atom stereocenters. The SMILES string of the molecule is CC(=O)c1cccc([C@](O)(c2ccc(OC(F)(F)F)cc2)C2(C)CN(C)C2)c1. The molecule has 0 aliphatic carbocycles. The van der Waals surface area contributed by atoms with Crippen molar-refractivity contribution >= 4 is 5.78 Å². The lowest BCUT2D eigenvalue weighted by atomic mass is 9.62. The molecule has 0 spiro atoms. The highest BCUT2D eigenvalue weighted by atomic mass is 19.4. The van der Waals surface area contributed by atoms with E-state index in [-0.39, 0.29) is 11.5 Å². The number of Topliss-reactive ketones (excluding diaryl/α,β-unsaturated/α-hetero) is 1. The predicted molar refractivity (Wildman–Crippen MR) is 98.2 cm³/mol. The third-order valence-corrected chi connectivity index (χ3v) is 5.30. The van der Waals surface area contributed by atoms with Gasteiger partial charge in [0.1, 0.15) is 11.4 Å². The Hall–Kier alpha value is -2.38. The summed E-state index contributed by atoms with van der Waals surface area (Å²) in [6, 6.07) is 12.0. The lowest BCUT2D eigenvalue weighted by molar-refractivity contribution is -0.274. The van der Waals surface area contributed by atoms with E-state index in [1.807, 2.05) is 18.9 Å². The van der Waals surface area contributed by atoms with Gasteiger partial charge in [-0.25, -0.2) is 0 Å². The average Bonchev–Trinajstić information content (AvgIpc) is 2.59. The zero-order valence-electron chi connectivity index (χ0n) is 15.9. The van der Waals surface area contributed by atoms with Gasteiger partial charge in [0.25, 0.3) is 0 Å². The molecule has 1 aliphatic heterocycles. The van der Waals surface area contributed by atoms with E-state index in [0.717, 1.165) is 0 Å². The fourth-order valence-electron chi connectivity index (χ4n) is 4.10. The Morgan fingerprint density at radius 1 is 1.11 bits per heavy atom. The molecule has 1 saturated heterocycles. The Morgan fingerprint density at radius 3 is 2.21 bits per heavy atom. The minimum Gasteiger partial charge on any atom is -0.406 e. The van der Waals surface area contributed by atoms with E-state index in [9.17, 15) is 23.1 Å². The molecule has 1 heterocycles. The molecule has 0 amide bonds. The van der Waals surface area contributed by atoms with Crippen molar-refractivity contribution in [2.75, 3.05) is 20.1 Å². The zero-order valence-corrected chi connectivity index (χ0v) is 15.9. The smallest absolute Gasteiger partial charge is 0.406 e. The van der Waals surface area contributed by atoms with E-state index >= 15 is 0 Å². The summed E-state index contributed by atoms with van der Waals surface area (Å²) in [5, 5.41) is 11.9. The van der Waals surface area contributed by atoms with E-state index in [2.05, 4.69) is 4.74 Å². The summed E-state index contributed by atoms with van der Waals surface area (Å²) < 4.78 is 41.3. The molecule has 0 saturated carbocycles. The second-order valence-corrected chi connectivity index (χ2v) is 7.65. The van der Waals surface area contributed by atoms with Crippen LogP contribution < -0.4 is 4.74 Å². The highest BCUT2D eigenvalue weighted by Crippen LogP contribution is 2.50. The number of hydrogen-bond donors (Lipinski definition) is 1. The van der Waals surface area contributed by atoms with Gasteiger partial charge in [-0.05, 0) is 43.3 Å². The normalized spacial score (nSPS) is 18.8. The Bertz CT molecular complexity index is 873. The Morgan fingerprint density at radius 2 is 1.71 bits per heavy atom. The molecule has 1 fully saturated rings. The lowest BCUT2D eigenvalue weighted by Crippen LogP contribution is -2.63. The first kappa shape index (κ1) is 20.4. The summed E-state index contributed by atoms with van der Waals surface area (Å²) in [5.41, 5.74) is -0.631. The fraction of sp³-hybridized carbons (Fsp3) is 0.381. The molecular formula is C21H22F3NO3. The molecule has 1 aliphatic rings. The molecule has 2 aromatic rings. The minimum atomic E-state index is -4.78. The number of aliphatic hydroxyl groups is 1. The van der Waals surface area contributed by atoms with Gasteiger partial charge in [0.05, 0.1) is 0 Å². The van der Waals surface area contributed by atoms with Gasteiger partial charge >= 0.3 is 6.36 Å². The van der Waals surface area contributed by atoms with E-state index in [4.69, 9.17) is 0 Å². The molecular weight excluding hydrogens is 371 g/mol. The molecule has 4 nitrogen and oxygen atoms in total. The summed E-state index contributed by atoms with van der Waals surface area (Å²) in [6.45, 7) is 4.55. The number of ketones is 1. The first-order chi connectivity index (χ1) is 12.9. The van der Waals surface area contributed by atoms with Crippen LogP contribution in [-0.2, 0) is 5.60 Å². The molecule has 3 rings (SSSR count). The van der Waals surface area contributed by atoms with Gasteiger partial charge in [-0.1, -0.05) is 37.3 Å². The van der Waals surface area contributed by atoms with E-state index < -0.39 is 17.4 Å². The quantitative estimate of drug-likeness (QED) is 0.781. The third kappa shape index (κ3) is 3.64. The molecule has 0 radical (unpaired) electrons. The van der Waals surface area contributed by atoms with Crippen molar-refractivity contribution in [3.05, 3.63) is 65.2 Å². The second-order valence-electron chi connectivity index (χ2n) is 7.65. The maximum absolute atomic E-state index is 12.4. The minimum absolute atomic E-state index is 0.131. The number of halogens is 3. The van der Waals surface area contributed by atoms with Gasteiger partial charge in [0.2, 0.25) is 0 Å². The van der Waals surface area contributed by atoms with Crippen LogP contribution in [0.2, 0.25) is 0 Å². The van der Waals surface area contributed by atoms with Crippen molar-refractivity contribution in [3.63, 3.8) is 0 Å². The van der Waals surface area contributed by atoms with Crippen molar-refractivity contribution in [1.29, 1.82) is 0 Å². The van der Waals surface area contributed by atoms with Crippen molar-refractivity contribution in [2.24, 2.45) is 5.41 Å². The number of hydrogen-bond acceptors (Lipinski definition) is 4. The number of rotatable bonds is 5. The van der Waals surface area contributed by atoms with E-state index in [0.29, 0.717) is 29.8 Å². The van der Waals surface area contributed by atoms with Crippen LogP contribution in [0.3, 0.4) is 0 Å². The van der Waals surface area contributed by atoms with Crippen LogP contribution >= 0.6 is 0 Å². The molecule has 150 valence electrons. The van der Waals surface area contributed by atoms with Gasteiger partial charge in [-0.15, -0.1) is 13.2 Å². The van der Waals surface area contributed by atoms with Crippen LogP contribution in [-0.4, -0.2) is 42.3 Å². The average molecular weight is 393 g/mol. The van der Waals surface area contributed by atoms with Crippen LogP contribution in [0.1, 0.15) is 35.3 Å². The van der Waals surface area contributed by atoms with Crippen LogP contribution in [0.5, 0.6) is 5.75 Å². The van der Waals surface area contributed by atoms with E-state index in [1.165, 1.54) is 31.2 Å². The number of nitrogens with zero attached hydrogens (tertiary/aromatic N) is 1. The largest absolute Gasteiger partial charge is 0.573 e. The molecule has 0 unspecified atom stereocenters. The number of ether oxygens (including phenoxy) is 1. The van der Waals surface area contributed by atoms with Gasteiger partial charge in [0.15, 0.2) is 5.78 Å². The standard InChI is InChI=1S/C21H22F3NO3/c1-14(26)15-5-4-6-17(11-15)20(27,19(2)12-25(3)13-19)16-7-9-18(10-8-16)28-21(22,23)24/h4-11,27H,12-13H2,1-3H3/t20-/m1/s1. The molecule has 28 heavy (non-hydrogen) atoms. The number of alkyl halides is 3. The van der Waals surface area contributed by atoms with Crippen LogP contribution in [0.4, 0.5) is 13.2 Å². The highest BCUT2D eigenvalue weighted by molar-refractivity contribution is 5.94. The summed E-state index contributed by atoms with van der Waals surface area (Å²) in [5.74, 6) is -0.485. The molecule has 0 aromatic heterocycles. The molecule has 0 bridgehead atoms. The van der Waals surface area contributed by atoms with Crippen molar-refractivity contribution in [3.8, 4) is 5.75 Å². The maximum Gasteiger partial charge on any atom is 0.573 e. The summed E-state index contributed by atoms with van der Waals surface area (Å²) in [4.78, 5) is 13.9.